The van der Waals surface area contributed by atoms with Crippen LogP contribution in [-0.4, -0.2) is 43.0 Å². The fraction of sp³-hybridized carbons (Fsp3) is 0.480. The van der Waals surface area contributed by atoms with Gasteiger partial charge in [-0.05, 0) is 43.9 Å². The van der Waals surface area contributed by atoms with Crippen molar-refractivity contribution in [2.24, 2.45) is 5.92 Å². The van der Waals surface area contributed by atoms with Crippen molar-refractivity contribution in [2.45, 2.75) is 64.2 Å². The van der Waals surface area contributed by atoms with Gasteiger partial charge in [-0.3, -0.25) is 0 Å². The molecule has 2 heterocycles. The van der Waals surface area contributed by atoms with Crippen molar-refractivity contribution in [2.75, 3.05) is 6.61 Å². The summed E-state index contributed by atoms with van der Waals surface area (Å²) >= 11 is 0. The first kappa shape index (κ1) is 22.0. The van der Waals surface area contributed by atoms with E-state index in [9.17, 15) is 4.79 Å². The van der Waals surface area contributed by atoms with Crippen LogP contribution in [0.1, 0.15) is 43.1 Å². The van der Waals surface area contributed by atoms with Crippen LogP contribution >= 0.6 is 0 Å². The van der Waals surface area contributed by atoms with Gasteiger partial charge in [-0.25, -0.2) is 4.79 Å². The second-order valence-corrected chi connectivity index (χ2v) is 8.71. The molecule has 6 heteroatoms. The molecule has 0 N–H and O–H groups in total. The van der Waals surface area contributed by atoms with Gasteiger partial charge in [0.1, 0.15) is 12.2 Å². The smallest absolute Gasteiger partial charge is 0.338 e. The van der Waals surface area contributed by atoms with Gasteiger partial charge >= 0.3 is 5.97 Å². The van der Waals surface area contributed by atoms with Crippen LogP contribution in [0.4, 0.5) is 0 Å². The van der Waals surface area contributed by atoms with Gasteiger partial charge in [-0.15, -0.1) is 0 Å². The van der Waals surface area contributed by atoms with E-state index in [4.69, 9.17) is 23.7 Å². The molecule has 0 radical (unpaired) electrons. The Morgan fingerprint density at radius 2 is 1.71 bits per heavy atom. The van der Waals surface area contributed by atoms with Gasteiger partial charge in [0, 0.05) is 0 Å². The van der Waals surface area contributed by atoms with E-state index in [1.165, 1.54) is 0 Å². The van der Waals surface area contributed by atoms with E-state index in [-0.39, 0.29) is 30.2 Å². The molecule has 4 rings (SSSR count). The van der Waals surface area contributed by atoms with Gasteiger partial charge in [0.2, 0.25) is 0 Å². The van der Waals surface area contributed by atoms with E-state index in [0.29, 0.717) is 25.2 Å². The molecule has 5 atom stereocenters. The van der Waals surface area contributed by atoms with Crippen LogP contribution in [0.15, 0.2) is 60.7 Å². The van der Waals surface area contributed by atoms with Crippen LogP contribution < -0.4 is 0 Å². The lowest BCUT2D eigenvalue weighted by atomic mass is 9.99. The predicted molar refractivity (Wildman–Crippen MR) is 114 cm³/mol. The zero-order chi connectivity index (χ0) is 21.8. The second kappa shape index (κ2) is 9.49. The number of fused-ring (bicyclic) bond motifs is 1. The Hall–Kier alpha value is -2.25. The summed E-state index contributed by atoms with van der Waals surface area (Å²) in [6.45, 7) is 6.57. The molecule has 0 aromatic heterocycles. The highest BCUT2D eigenvalue weighted by Gasteiger charge is 2.55. The standard InChI is InChI=1S/C25H30O6/c1-17(15-28-23(26)19-12-8-5-9-13-19)14-20-21(27-16-18-10-6-4-7-11-18)22-24(29-20)31-25(2,3)30-22/h4-13,17,20-22,24H,14-16H2,1-3H3/t17?,20-,21+,22-,24-/m1/s1. The van der Waals surface area contributed by atoms with Crippen molar-refractivity contribution >= 4 is 5.97 Å². The molecule has 6 nitrogen and oxygen atoms in total. The van der Waals surface area contributed by atoms with Crippen LogP contribution in [0.25, 0.3) is 0 Å². The minimum atomic E-state index is -0.703. The van der Waals surface area contributed by atoms with Crippen LogP contribution in [0.3, 0.4) is 0 Å². The molecule has 31 heavy (non-hydrogen) atoms. The topological polar surface area (TPSA) is 63.2 Å². The summed E-state index contributed by atoms with van der Waals surface area (Å²) in [4.78, 5) is 12.2. The summed E-state index contributed by atoms with van der Waals surface area (Å²) in [6.07, 6.45) is -0.552. The first-order valence-electron chi connectivity index (χ1n) is 10.8. The molecule has 2 saturated heterocycles. The molecule has 2 fully saturated rings. The monoisotopic (exact) mass is 426 g/mol. The molecule has 2 aliphatic heterocycles. The van der Waals surface area contributed by atoms with Gasteiger partial charge in [0.15, 0.2) is 12.1 Å². The Kier molecular flexibility index (Phi) is 6.72. The van der Waals surface area contributed by atoms with Gasteiger partial charge in [0.05, 0.1) is 24.9 Å². The Balaban J connectivity index is 1.35. The normalized spacial score (nSPS) is 27.6. The molecule has 2 aromatic carbocycles. The second-order valence-electron chi connectivity index (χ2n) is 8.71. The SMILES string of the molecule is CC(COC(=O)c1ccccc1)C[C@H]1O[C@@H]2OC(C)(C)O[C@@H]2[C@H]1OCc1ccccc1. The average Bonchev–Trinajstić information content (AvgIpc) is 3.22. The number of rotatable bonds is 8. The van der Waals surface area contributed by atoms with Gasteiger partial charge in [-0.1, -0.05) is 55.5 Å². The first-order valence-corrected chi connectivity index (χ1v) is 10.8. The zero-order valence-electron chi connectivity index (χ0n) is 18.2. The Morgan fingerprint density at radius 3 is 2.42 bits per heavy atom. The molecule has 0 spiro atoms. The summed E-state index contributed by atoms with van der Waals surface area (Å²) in [7, 11) is 0. The largest absolute Gasteiger partial charge is 0.462 e. The van der Waals surface area contributed by atoms with E-state index in [1.54, 1.807) is 12.1 Å². The van der Waals surface area contributed by atoms with Crippen molar-refractivity contribution in [3.05, 3.63) is 71.8 Å². The Labute approximate surface area is 183 Å². The van der Waals surface area contributed by atoms with E-state index < -0.39 is 12.1 Å². The van der Waals surface area contributed by atoms with Crippen molar-refractivity contribution in [3.8, 4) is 0 Å². The van der Waals surface area contributed by atoms with E-state index >= 15 is 0 Å². The third-order valence-corrected chi connectivity index (χ3v) is 5.52. The Bertz CT molecular complexity index is 853. The lowest BCUT2D eigenvalue weighted by Crippen LogP contribution is -2.37. The summed E-state index contributed by atoms with van der Waals surface area (Å²) in [6, 6.07) is 19.0. The van der Waals surface area contributed by atoms with Crippen molar-refractivity contribution in [1.29, 1.82) is 0 Å². The predicted octanol–water partition coefficient (Wildman–Crippen LogP) is 4.33. The highest BCUT2D eigenvalue weighted by Crippen LogP contribution is 2.40. The maximum absolute atomic E-state index is 12.2. The Morgan fingerprint density at radius 1 is 1.03 bits per heavy atom. The summed E-state index contributed by atoms with van der Waals surface area (Å²) in [5.74, 6) is -0.930. The summed E-state index contributed by atoms with van der Waals surface area (Å²) in [5.41, 5.74) is 1.64. The number of ether oxygens (including phenoxy) is 5. The summed E-state index contributed by atoms with van der Waals surface area (Å²) in [5, 5.41) is 0. The van der Waals surface area contributed by atoms with E-state index in [0.717, 1.165) is 5.56 Å². The molecule has 1 unspecified atom stereocenters. The molecular formula is C25H30O6. The third kappa shape index (κ3) is 5.52. The number of benzene rings is 2. The maximum Gasteiger partial charge on any atom is 0.338 e. The van der Waals surface area contributed by atoms with Crippen molar-refractivity contribution in [1.82, 2.24) is 0 Å². The molecule has 2 aliphatic rings. The molecule has 0 aliphatic carbocycles. The summed E-state index contributed by atoms with van der Waals surface area (Å²) < 4.78 is 29.9. The molecule has 166 valence electrons. The van der Waals surface area contributed by atoms with E-state index in [1.807, 2.05) is 69.3 Å². The number of hydrogen-bond donors (Lipinski definition) is 0. The lowest BCUT2D eigenvalue weighted by Gasteiger charge is -2.27. The van der Waals surface area contributed by atoms with Crippen molar-refractivity contribution in [3.63, 3.8) is 0 Å². The van der Waals surface area contributed by atoms with Crippen LogP contribution in [0.2, 0.25) is 0 Å². The van der Waals surface area contributed by atoms with Crippen molar-refractivity contribution < 1.29 is 28.5 Å². The number of carbonyl (C=O) groups is 1. The highest BCUT2D eigenvalue weighted by atomic mass is 16.8. The molecular weight excluding hydrogens is 396 g/mol. The first-order chi connectivity index (χ1) is 14.9. The van der Waals surface area contributed by atoms with Gasteiger partial charge < -0.3 is 23.7 Å². The zero-order valence-corrected chi connectivity index (χ0v) is 18.2. The number of hydrogen-bond acceptors (Lipinski definition) is 6. The van der Waals surface area contributed by atoms with Gasteiger partial charge in [-0.2, -0.15) is 0 Å². The lowest BCUT2D eigenvalue weighted by molar-refractivity contribution is -0.221. The van der Waals surface area contributed by atoms with Crippen LogP contribution in [-0.2, 0) is 30.3 Å². The third-order valence-electron chi connectivity index (χ3n) is 5.52. The van der Waals surface area contributed by atoms with Crippen LogP contribution in [0.5, 0.6) is 0 Å². The quantitative estimate of drug-likeness (QED) is 0.586. The molecule has 0 amide bonds. The van der Waals surface area contributed by atoms with Crippen LogP contribution in [0, 0.1) is 5.92 Å². The van der Waals surface area contributed by atoms with Gasteiger partial charge in [0.25, 0.3) is 0 Å². The number of esters is 1. The highest BCUT2D eigenvalue weighted by molar-refractivity contribution is 5.89. The van der Waals surface area contributed by atoms with E-state index in [2.05, 4.69) is 0 Å². The minimum Gasteiger partial charge on any atom is -0.462 e. The average molecular weight is 427 g/mol. The minimum absolute atomic E-state index is 0.0901. The fourth-order valence-corrected chi connectivity index (χ4v) is 4.04. The molecule has 0 bridgehead atoms. The number of carbonyl (C=O) groups excluding carboxylic acids is 1. The molecule has 2 aromatic rings. The molecule has 0 saturated carbocycles. The maximum atomic E-state index is 12.2. The fourth-order valence-electron chi connectivity index (χ4n) is 4.04.